The SMILES string of the molecule is CC/C=C\C/C=C\C/C=C\C/C=C\C/C=C\C/C=C\C/C=C\C/C=C\C/C=C\C/C=C\C/C=C\C/C=C\CCCCC(=O)OC(COC(=O)CCCCCCCCCCCCC/C=C\CCCCCCCCCC)COC(OCC[N+](C)(C)C)C(=O)O. The normalized spacial score (nSPS) is 13.7. The lowest BCUT2D eigenvalue weighted by Gasteiger charge is -2.25. The summed E-state index contributed by atoms with van der Waals surface area (Å²) in [6, 6.07) is 0. The second-order valence-corrected chi connectivity index (χ2v) is 23.7. The molecule has 87 heavy (non-hydrogen) atoms. The molecule has 2 atom stereocenters. The lowest BCUT2D eigenvalue weighted by atomic mass is 10.0. The summed E-state index contributed by atoms with van der Waals surface area (Å²) < 4.78 is 22.9. The van der Waals surface area contributed by atoms with Crippen LogP contribution < -0.4 is 0 Å². The first-order valence-corrected chi connectivity index (χ1v) is 34.6. The van der Waals surface area contributed by atoms with Gasteiger partial charge in [-0.15, -0.1) is 0 Å². The molecule has 0 amide bonds. The molecule has 1 N–H and O–H groups in total. The summed E-state index contributed by atoms with van der Waals surface area (Å²) in [5, 5.41) is 9.74. The fraction of sp³-hybridized carbons (Fsp3) is 0.628. The van der Waals surface area contributed by atoms with Gasteiger partial charge in [-0.05, 0) is 128 Å². The van der Waals surface area contributed by atoms with Gasteiger partial charge < -0.3 is 28.5 Å². The molecule has 0 bridgehead atoms. The zero-order valence-corrected chi connectivity index (χ0v) is 56.1. The highest BCUT2D eigenvalue weighted by molar-refractivity contribution is 5.71. The lowest BCUT2D eigenvalue weighted by Crippen LogP contribution is -2.40. The molecule has 492 valence electrons. The number of rotatable bonds is 62. The van der Waals surface area contributed by atoms with Crippen molar-refractivity contribution in [2.24, 2.45) is 0 Å². The number of unbranched alkanes of at least 4 members (excludes halogenated alkanes) is 21. The van der Waals surface area contributed by atoms with E-state index < -0.39 is 24.3 Å². The fourth-order valence-corrected chi connectivity index (χ4v) is 8.99. The van der Waals surface area contributed by atoms with Crippen LogP contribution in [-0.4, -0.2) is 87.4 Å². The number of quaternary nitrogens is 1. The highest BCUT2D eigenvalue weighted by Crippen LogP contribution is 2.15. The molecule has 0 aromatic carbocycles. The molecule has 0 radical (unpaired) electrons. The number of carboxylic acids is 1. The Balaban J connectivity index is 4.28. The van der Waals surface area contributed by atoms with E-state index in [1.807, 2.05) is 21.1 Å². The summed E-state index contributed by atoms with van der Waals surface area (Å²) in [6.45, 7) is 4.71. The second kappa shape index (κ2) is 66.9. The molecule has 0 saturated carbocycles. The molecule has 0 aliphatic rings. The largest absolute Gasteiger partial charge is 0.477 e. The average Bonchev–Trinajstić information content (AvgIpc) is 3.55. The molecule has 0 rings (SSSR count). The fourth-order valence-electron chi connectivity index (χ4n) is 8.99. The predicted octanol–water partition coefficient (Wildman–Crippen LogP) is 21.7. The van der Waals surface area contributed by atoms with Gasteiger partial charge in [0.2, 0.25) is 0 Å². The Morgan fingerprint density at radius 2 is 0.655 bits per heavy atom. The third-order valence-electron chi connectivity index (χ3n) is 14.3. The topological polar surface area (TPSA) is 108 Å². The molecule has 0 spiro atoms. The van der Waals surface area contributed by atoms with E-state index in [4.69, 9.17) is 18.9 Å². The molecular weight excluding hydrogens is 1080 g/mol. The molecule has 9 nitrogen and oxygen atoms in total. The number of aliphatic carboxylic acids is 1. The van der Waals surface area contributed by atoms with Gasteiger partial charge in [-0.2, -0.15) is 0 Å². The maximum atomic E-state index is 12.9. The summed E-state index contributed by atoms with van der Waals surface area (Å²) in [5.74, 6) is -2.08. The van der Waals surface area contributed by atoms with Gasteiger partial charge in [0.05, 0.1) is 34.4 Å². The van der Waals surface area contributed by atoms with Crippen molar-refractivity contribution in [1.82, 2.24) is 0 Å². The predicted molar refractivity (Wildman–Crippen MR) is 373 cm³/mol. The van der Waals surface area contributed by atoms with Crippen LogP contribution in [0.1, 0.15) is 258 Å². The lowest BCUT2D eigenvalue weighted by molar-refractivity contribution is -0.870. The van der Waals surface area contributed by atoms with E-state index in [9.17, 15) is 19.5 Å². The van der Waals surface area contributed by atoms with E-state index in [1.165, 1.54) is 116 Å². The molecule has 9 heteroatoms. The molecule has 0 heterocycles. The number of carbonyl (C=O) groups excluding carboxylic acids is 2. The van der Waals surface area contributed by atoms with Gasteiger partial charge in [0.25, 0.3) is 6.29 Å². The molecule has 0 saturated heterocycles. The van der Waals surface area contributed by atoms with Crippen molar-refractivity contribution in [1.29, 1.82) is 0 Å². The Labute approximate surface area is 534 Å². The molecule has 2 unspecified atom stereocenters. The Morgan fingerprint density at radius 1 is 0.356 bits per heavy atom. The molecular formula is C78H128NO8+. The van der Waals surface area contributed by atoms with E-state index >= 15 is 0 Å². The van der Waals surface area contributed by atoms with Gasteiger partial charge in [-0.25, -0.2) is 4.79 Å². The van der Waals surface area contributed by atoms with Crippen LogP contribution in [0.3, 0.4) is 0 Å². The summed E-state index contributed by atoms with van der Waals surface area (Å²) in [5.41, 5.74) is 0. The summed E-state index contributed by atoms with van der Waals surface area (Å²) in [6.07, 6.45) is 96.4. The van der Waals surface area contributed by atoms with Crippen molar-refractivity contribution in [2.45, 2.75) is 270 Å². The van der Waals surface area contributed by atoms with Gasteiger partial charge in [0.15, 0.2) is 6.10 Å². The number of hydrogen-bond acceptors (Lipinski definition) is 7. The van der Waals surface area contributed by atoms with Crippen LogP contribution in [-0.2, 0) is 33.3 Å². The zero-order valence-electron chi connectivity index (χ0n) is 56.1. The van der Waals surface area contributed by atoms with Crippen molar-refractivity contribution in [3.8, 4) is 0 Å². The van der Waals surface area contributed by atoms with Crippen LogP contribution in [0, 0.1) is 0 Å². The number of nitrogens with zero attached hydrogens (tertiary/aromatic N) is 1. The first-order valence-electron chi connectivity index (χ1n) is 34.6. The van der Waals surface area contributed by atoms with E-state index in [1.54, 1.807) is 0 Å². The van der Waals surface area contributed by atoms with Crippen LogP contribution in [0.4, 0.5) is 0 Å². The van der Waals surface area contributed by atoms with Crippen molar-refractivity contribution in [3.05, 3.63) is 158 Å². The monoisotopic (exact) mass is 1210 g/mol. The van der Waals surface area contributed by atoms with Crippen LogP contribution in [0.5, 0.6) is 0 Å². The van der Waals surface area contributed by atoms with Crippen LogP contribution in [0.25, 0.3) is 0 Å². The highest BCUT2D eigenvalue weighted by Gasteiger charge is 2.25. The molecule has 0 aliphatic carbocycles. The third-order valence-corrected chi connectivity index (χ3v) is 14.3. The molecule has 0 fully saturated rings. The number of ether oxygens (including phenoxy) is 4. The van der Waals surface area contributed by atoms with E-state index in [0.29, 0.717) is 17.4 Å². The third kappa shape index (κ3) is 68.3. The Kier molecular flexibility index (Phi) is 62.9. The van der Waals surface area contributed by atoms with Gasteiger partial charge in [-0.1, -0.05) is 275 Å². The van der Waals surface area contributed by atoms with E-state index in [2.05, 4.69) is 172 Å². The zero-order chi connectivity index (χ0) is 63.3. The molecule has 0 aromatic heterocycles. The van der Waals surface area contributed by atoms with Gasteiger partial charge in [-0.3, -0.25) is 9.59 Å². The van der Waals surface area contributed by atoms with Crippen molar-refractivity contribution >= 4 is 17.9 Å². The second-order valence-electron chi connectivity index (χ2n) is 23.7. The molecule has 0 aromatic rings. The number of allylic oxidation sites excluding steroid dienone is 26. The first kappa shape index (κ1) is 81.9. The maximum absolute atomic E-state index is 12.9. The number of esters is 2. The number of hydrogen-bond donors (Lipinski definition) is 1. The van der Waals surface area contributed by atoms with Crippen molar-refractivity contribution in [3.63, 3.8) is 0 Å². The minimum atomic E-state index is -1.53. The standard InChI is InChI=1S/C78H127NO8/c1-6-8-10-12-14-16-18-20-22-24-26-28-30-31-32-33-34-35-36-37-38-39-40-41-42-43-44-45-47-49-51-53-55-57-59-61-63-65-67-69-76(81)87-74(73-86-78(77(82)83)84-71-70-79(3,4)5)72-85-75(80)68-66-64-62-60-58-56-54-52-50-48-46-29-27-25-23-21-19-17-15-13-11-9-7-2/h8,10,14,16,20,22,25-28,31-32,34-35,37-38,40-41,43-44,47,49,53,55,59,61,74,78H,6-7,9,11-13,15,17-19,21,23-24,29-30,33,36,39,42,45-46,48,50-52,54,56-58,60,62-73H2,1-5H3/p+1/b10-8-,16-14-,22-20-,27-25-,28-26-,32-31-,35-34-,38-37-,41-40-,44-43-,49-47-,55-53-,61-59-. The number of carbonyl (C=O) groups is 3. The Hall–Kier alpha value is -5.09. The minimum absolute atomic E-state index is 0.171. The van der Waals surface area contributed by atoms with Gasteiger partial charge in [0, 0.05) is 12.8 Å². The van der Waals surface area contributed by atoms with E-state index in [-0.39, 0.29) is 38.6 Å². The average molecular weight is 1210 g/mol. The summed E-state index contributed by atoms with van der Waals surface area (Å²) >= 11 is 0. The van der Waals surface area contributed by atoms with Gasteiger partial charge >= 0.3 is 17.9 Å². The first-order chi connectivity index (χ1) is 42.6. The number of likely N-dealkylation sites (N-methyl/N-ethyl adjacent to an activating group) is 1. The van der Waals surface area contributed by atoms with Gasteiger partial charge in [0.1, 0.15) is 13.2 Å². The quantitative estimate of drug-likeness (QED) is 0.0211. The van der Waals surface area contributed by atoms with Crippen molar-refractivity contribution in [2.75, 3.05) is 47.5 Å². The maximum Gasteiger partial charge on any atom is 0.361 e. The van der Waals surface area contributed by atoms with Crippen LogP contribution in [0.2, 0.25) is 0 Å². The molecule has 0 aliphatic heterocycles. The Morgan fingerprint density at radius 3 is 1.01 bits per heavy atom. The highest BCUT2D eigenvalue weighted by atomic mass is 16.7. The van der Waals surface area contributed by atoms with Crippen LogP contribution in [0.15, 0.2) is 158 Å². The van der Waals surface area contributed by atoms with E-state index in [0.717, 1.165) is 109 Å². The minimum Gasteiger partial charge on any atom is -0.477 e. The number of carboxylic acid groups (broad SMARTS) is 1. The van der Waals surface area contributed by atoms with Crippen molar-refractivity contribution < 1.29 is 42.9 Å². The summed E-state index contributed by atoms with van der Waals surface area (Å²) in [7, 11) is 5.95. The van der Waals surface area contributed by atoms with Crippen LogP contribution >= 0.6 is 0 Å². The summed E-state index contributed by atoms with van der Waals surface area (Å²) in [4.78, 5) is 37.6. The smallest absolute Gasteiger partial charge is 0.361 e. The Bertz CT molecular complexity index is 1990.